The highest BCUT2D eigenvalue weighted by molar-refractivity contribution is 5.81. The van der Waals surface area contributed by atoms with E-state index in [1.807, 2.05) is 0 Å². The Morgan fingerprint density at radius 1 is 1.79 bits per heavy atom. The van der Waals surface area contributed by atoms with E-state index in [-0.39, 0.29) is 18.2 Å². The molecule has 1 aliphatic carbocycles. The zero-order valence-corrected chi connectivity index (χ0v) is 8.66. The van der Waals surface area contributed by atoms with Gasteiger partial charge in [-0.25, -0.2) is 4.79 Å². The smallest absolute Gasteiger partial charge is 0.330 e. The largest absolute Gasteiger partial charge is 0.456 e. The summed E-state index contributed by atoms with van der Waals surface area (Å²) in [6.45, 7) is 5.62. The zero-order chi connectivity index (χ0) is 10.6. The fourth-order valence-electron chi connectivity index (χ4n) is 1.95. The number of rotatable bonds is 5. The summed E-state index contributed by atoms with van der Waals surface area (Å²) in [4.78, 5) is 11.1. The molecule has 0 aliphatic heterocycles. The summed E-state index contributed by atoms with van der Waals surface area (Å²) < 4.78 is 5.37. The Balaban J connectivity index is 2.53. The van der Waals surface area contributed by atoms with Gasteiger partial charge in [0.15, 0.2) is 0 Å². The molecular formula is C11H18O3. The molecular weight excluding hydrogens is 180 g/mol. The minimum atomic E-state index is -0.352. The average Bonchev–Trinajstić information content (AvgIpc) is 2.21. The van der Waals surface area contributed by atoms with Crippen molar-refractivity contribution in [2.75, 3.05) is 6.61 Å². The van der Waals surface area contributed by atoms with E-state index in [2.05, 4.69) is 13.5 Å². The topological polar surface area (TPSA) is 46.5 Å². The van der Waals surface area contributed by atoms with E-state index in [1.165, 1.54) is 6.08 Å². The third-order valence-electron chi connectivity index (χ3n) is 3.13. The standard InChI is InChI=1S/C11H18O3/c1-3-10(13)14-11(6-4-8-12)7-5-9(11)2/h3,9,12H,1,4-8H2,2H3. The molecule has 3 heteroatoms. The van der Waals surface area contributed by atoms with Crippen LogP contribution < -0.4 is 0 Å². The van der Waals surface area contributed by atoms with Crippen LogP contribution in [0, 0.1) is 5.92 Å². The Morgan fingerprint density at radius 2 is 2.50 bits per heavy atom. The van der Waals surface area contributed by atoms with E-state index in [4.69, 9.17) is 9.84 Å². The Hall–Kier alpha value is -0.830. The lowest BCUT2D eigenvalue weighted by molar-refractivity contribution is -0.176. The van der Waals surface area contributed by atoms with Crippen molar-refractivity contribution in [2.24, 2.45) is 5.92 Å². The number of esters is 1. The first-order valence-electron chi connectivity index (χ1n) is 5.11. The minimum Gasteiger partial charge on any atom is -0.456 e. The minimum absolute atomic E-state index is 0.153. The molecule has 0 heterocycles. The summed E-state index contributed by atoms with van der Waals surface area (Å²) in [5.74, 6) is 0.0486. The van der Waals surface area contributed by atoms with Crippen LogP contribution in [0.5, 0.6) is 0 Å². The molecule has 0 aromatic heterocycles. The van der Waals surface area contributed by atoms with Gasteiger partial charge in [0, 0.05) is 12.7 Å². The molecule has 0 amide bonds. The number of carbonyl (C=O) groups is 1. The van der Waals surface area contributed by atoms with Crippen LogP contribution in [0.25, 0.3) is 0 Å². The molecule has 1 N–H and O–H groups in total. The number of hydrogen-bond acceptors (Lipinski definition) is 3. The third kappa shape index (κ3) is 2.15. The highest BCUT2D eigenvalue weighted by atomic mass is 16.6. The van der Waals surface area contributed by atoms with Gasteiger partial charge in [0.1, 0.15) is 5.60 Å². The van der Waals surface area contributed by atoms with Gasteiger partial charge < -0.3 is 9.84 Å². The summed E-state index contributed by atoms with van der Waals surface area (Å²) in [7, 11) is 0. The quantitative estimate of drug-likeness (QED) is 0.540. The van der Waals surface area contributed by atoms with Gasteiger partial charge in [0.25, 0.3) is 0 Å². The monoisotopic (exact) mass is 198 g/mol. The summed E-state index contributed by atoms with van der Waals surface area (Å²) in [6, 6.07) is 0. The molecule has 0 bridgehead atoms. The van der Waals surface area contributed by atoms with Crippen molar-refractivity contribution in [2.45, 2.75) is 38.2 Å². The number of ether oxygens (including phenoxy) is 1. The lowest BCUT2D eigenvalue weighted by Crippen LogP contribution is -2.49. The Morgan fingerprint density at radius 3 is 2.86 bits per heavy atom. The van der Waals surface area contributed by atoms with Crippen molar-refractivity contribution in [1.29, 1.82) is 0 Å². The van der Waals surface area contributed by atoms with Gasteiger partial charge >= 0.3 is 5.97 Å². The van der Waals surface area contributed by atoms with Gasteiger partial charge in [-0.2, -0.15) is 0 Å². The van der Waals surface area contributed by atoms with Gasteiger partial charge in [-0.3, -0.25) is 0 Å². The molecule has 0 aromatic rings. The first-order chi connectivity index (χ1) is 6.64. The van der Waals surface area contributed by atoms with Gasteiger partial charge in [0.2, 0.25) is 0 Å². The maximum absolute atomic E-state index is 11.1. The summed E-state index contributed by atoms with van der Waals surface area (Å²) >= 11 is 0. The fourth-order valence-corrected chi connectivity index (χ4v) is 1.95. The molecule has 0 saturated heterocycles. The van der Waals surface area contributed by atoms with Crippen LogP contribution >= 0.6 is 0 Å². The molecule has 14 heavy (non-hydrogen) atoms. The number of aliphatic hydroxyl groups is 1. The molecule has 1 rings (SSSR count). The lowest BCUT2D eigenvalue weighted by Gasteiger charge is -2.47. The Labute approximate surface area is 84.8 Å². The predicted molar refractivity (Wildman–Crippen MR) is 53.7 cm³/mol. The van der Waals surface area contributed by atoms with E-state index in [0.29, 0.717) is 12.3 Å². The molecule has 0 spiro atoms. The zero-order valence-electron chi connectivity index (χ0n) is 8.66. The van der Waals surface area contributed by atoms with Crippen LogP contribution in [0.2, 0.25) is 0 Å². The van der Waals surface area contributed by atoms with Crippen molar-refractivity contribution in [3.05, 3.63) is 12.7 Å². The van der Waals surface area contributed by atoms with Crippen LogP contribution in [0.1, 0.15) is 32.6 Å². The van der Waals surface area contributed by atoms with Gasteiger partial charge in [-0.15, -0.1) is 0 Å². The fraction of sp³-hybridized carbons (Fsp3) is 0.727. The molecule has 0 aromatic carbocycles. The average molecular weight is 198 g/mol. The van der Waals surface area contributed by atoms with E-state index >= 15 is 0 Å². The molecule has 2 atom stereocenters. The predicted octanol–water partition coefficient (Wildman–Crippen LogP) is 1.66. The molecule has 80 valence electrons. The van der Waals surface area contributed by atoms with E-state index in [9.17, 15) is 4.79 Å². The maximum atomic E-state index is 11.1. The molecule has 3 nitrogen and oxygen atoms in total. The van der Waals surface area contributed by atoms with Crippen LogP contribution in [0.3, 0.4) is 0 Å². The van der Waals surface area contributed by atoms with Crippen molar-refractivity contribution in [1.82, 2.24) is 0 Å². The second-order valence-corrected chi connectivity index (χ2v) is 3.96. The van der Waals surface area contributed by atoms with Crippen LogP contribution in [-0.2, 0) is 9.53 Å². The van der Waals surface area contributed by atoms with Gasteiger partial charge in [-0.1, -0.05) is 13.5 Å². The van der Waals surface area contributed by atoms with Crippen molar-refractivity contribution < 1.29 is 14.6 Å². The van der Waals surface area contributed by atoms with Gasteiger partial charge in [-0.05, 0) is 31.6 Å². The molecule has 1 saturated carbocycles. The SMILES string of the molecule is C=CC(=O)OC1(CCCO)CCC1C. The van der Waals surface area contributed by atoms with Crippen LogP contribution in [0.15, 0.2) is 12.7 Å². The summed E-state index contributed by atoms with van der Waals surface area (Å²) in [6.07, 6.45) is 4.65. The summed E-state index contributed by atoms with van der Waals surface area (Å²) in [5.41, 5.74) is -0.325. The van der Waals surface area contributed by atoms with E-state index in [0.717, 1.165) is 19.3 Å². The highest BCUT2D eigenvalue weighted by Gasteiger charge is 2.46. The first kappa shape index (κ1) is 11.2. The Kier molecular flexibility index (Phi) is 3.69. The summed E-state index contributed by atoms with van der Waals surface area (Å²) in [5, 5.41) is 8.77. The molecule has 2 unspecified atom stereocenters. The second-order valence-electron chi connectivity index (χ2n) is 3.96. The molecule has 1 fully saturated rings. The number of hydrogen-bond donors (Lipinski definition) is 1. The second kappa shape index (κ2) is 4.60. The molecule has 1 aliphatic rings. The van der Waals surface area contributed by atoms with Crippen LogP contribution in [-0.4, -0.2) is 23.3 Å². The van der Waals surface area contributed by atoms with Gasteiger partial charge in [0.05, 0.1) is 0 Å². The molecule has 0 radical (unpaired) electrons. The number of aliphatic hydroxyl groups excluding tert-OH is 1. The van der Waals surface area contributed by atoms with E-state index < -0.39 is 0 Å². The third-order valence-corrected chi connectivity index (χ3v) is 3.13. The van der Waals surface area contributed by atoms with Crippen LogP contribution in [0.4, 0.5) is 0 Å². The Bertz CT molecular complexity index is 225. The maximum Gasteiger partial charge on any atom is 0.330 e. The van der Waals surface area contributed by atoms with Crippen molar-refractivity contribution >= 4 is 5.97 Å². The van der Waals surface area contributed by atoms with E-state index in [1.54, 1.807) is 0 Å². The van der Waals surface area contributed by atoms with Crippen molar-refractivity contribution in [3.63, 3.8) is 0 Å². The highest BCUT2D eigenvalue weighted by Crippen LogP contribution is 2.44. The first-order valence-corrected chi connectivity index (χ1v) is 5.11. The lowest BCUT2D eigenvalue weighted by atomic mass is 9.68. The number of carbonyl (C=O) groups excluding carboxylic acids is 1. The van der Waals surface area contributed by atoms with Crippen molar-refractivity contribution in [3.8, 4) is 0 Å². The normalized spacial score (nSPS) is 30.6.